The maximum atomic E-state index is 10.4. The second-order valence-corrected chi connectivity index (χ2v) is 5.39. The smallest absolute Gasteiger partial charge is 0.243 e. The Labute approximate surface area is 108 Å². The zero-order valence-electron chi connectivity index (χ0n) is 11.0. The fourth-order valence-electron chi connectivity index (χ4n) is 3.01. The van der Waals surface area contributed by atoms with E-state index in [1.54, 1.807) is 0 Å². The molecule has 2 rings (SSSR count). The number of carbonyl (C=O) groups is 1. The summed E-state index contributed by atoms with van der Waals surface area (Å²) >= 11 is 0. The van der Waals surface area contributed by atoms with Crippen molar-refractivity contribution >= 4 is 5.91 Å². The molecule has 1 unspecified atom stereocenters. The molecular formula is C13H24N2O3. The van der Waals surface area contributed by atoms with E-state index < -0.39 is 5.91 Å². The number of carbonyl (C=O) groups excluding carboxylic acids is 1. The lowest BCUT2D eigenvalue weighted by Crippen LogP contribution is -2.33. The van der Waals surface area contributed by atoms with Crippen molar-refractivity contribution in [2.75, 3.05) is 26.3 Å². The van der Waals surface area contributed by atoms with Crippen molar-refractivity contribution in [3.63, 3.8) is 0 Å². The average Bonchev–Trinajstić information content (AvgIpc) is 2.95. The van der Waals surface area contributed by atoms with Crippen molar-refractivity contribution in [1.29, 1.82) is 0 Å². The summed E-state index contributed by atoms with van der Waals surface area (Å²) in [5, 5.41) is 3.31. The second kappa shape index (κ2) is 6.50. The van der Waals surface area contributed by atoms with E-state index in [9.17, 15) is 4.79 Å². The lowest BCUT2D eigenvalue weighted by molar-refractivity contribution is -0.122. The Hall–Kier alpha value is -0.650. The van der Waals surface area contributed by atoms with E-state index in [2.05, 4.69) is 5.32 Å². The van der Waals surface area contributed by atoms with Gasteiger partial charge in [-0.25, -0.2) is 0 Å². The Bertz CT molecular complexity index is 277. The van der Waals surface area contributed by atoms with Gasteiger partial charge in [-0.3, -0.25) is 4.79 Å². The number of nitrogens with one attached hydrogen (secondary N) is 1. The number of nitrogens with two attached hydrogens (primary N) is 1. The van der Waals surface area contributed by atoms with Crippen LogP contribution in [0.1, 0.15) is 38.5 Å². The summed E-state index contributed by atoms with van der Waals surface area (Å²) in [4.78, 5) is 10.4. The van der Waals surface area contributed by atoms with Crippen LogP contribution in [-0.4, -0.2) is 43.9 Å². The number of primary amides is 1. The highest BCUT2D eigenvalue weighted by atomic mass is 16.5. The van der Waals surface area contributed by atoms with E-state index in [-0.39, 0.29) is 12.2 Å². The molecule has 1 atom stereocenters. The fourth-order valence-corrected chi connectivity index (χ4v) is 3.01. The van der Waals surface area contributed by atoms with E-state index >= 15 is 0 Å². The van der Waals surface area contributed by atoms with E-state index in [0.29, 0.717) is 12.7 Å². The Kier molecular flexibility index (Phi) is 4.97. The standard InChI is InChI=1S/C13H24N2O3/c14-12(16)10-17-8-7-15-9-11-3-6-13(18-11)4-1-2-5-13/h11,15H,1-10H2,(H2,14,16). The summed E-state index contributed by atoms with van der Waals surface area (Å²) in [6.07, 6.45) is 7.85. The van der Waals surface area contributed by atoms with Crippen molar-refractivity contribution in [2.24, 2.45) is 5.73 Å². The topological polar surface area (TPSA) is 73.6 Å². The maximum absolute atomic E-state index is 10.4. The Morgan fingerprint density at radius 1 is 1.39 bits per heavy atom. The van der Waals surface area contributed by atoms with Gasteiger partial charge in [-0.05, 0) is 25.7 Å². The molecule has 18 heavy (non-hydrogen) atoms. The van der Waals surface area contributed by atoms with Gasteiger partial charge >= 0.3 is 0 Å². The summed E-state index contributed by atoms with van der Waals surface area (Å²) in [7, 11) is 0. The van der Waals surface area contributed by atoms with Crippen LogP contribution in [0.3, 0.4) is 0 Å². The molecule has 1 saturated carbocycles. The van der Waals surface area contributed by atoms with Crippen molar-refractivity contribution < 1.29 is 14.3 Å². The van der Waals surface area contributed by atoms with Gasteiger partial charge in [0, 0.05) is 13.1 Å². The summed E-state index contributed by atoms with van der Waals surface area (Å²) in [6, 6.07) is 0. The molecule has 2 fully saturated rings. The SMILES string of the molecule is NC(=O)COCCNCC1CCC2(CCCC2)O1. The monoisotopic (exact) mass is 256 g/mol. The minimum atomic E-state index is -0.419. The van der Waals surface area contributed by atoms with Gasteiger partial charge in [-0.2, -0.15) is 0 Å². The highest BCUT2D eigenvalue weighted by molar-refractivity contribution is 5.74. The van der Waals surface area contributed by atoms with Crippen LogP contribution in [0.15, 0.2) is 0 Å². The van der Waals surface area contributed by atoms with Crippen LogP contribution in [0.2, 0.25) is 0 Å². The molecule has 0 aromatic carbocycles. The molecular weight excluding hydrogens is 232 g/mol. The number of rotatable bonds is 7. The molecule has 1 spiro atoms. The third-order valence-corrected chi connectivity index (χ3v) is 3.89. The van der Waals surface area contributed by atoms with Gasteiger partial charge in [0.2, 0.25) is 5.91 Å². The Morgan fingerprint density at radius 3 is 2.89 bits per heavy atom. The lowest BCUT2D eigenvalue weighted by atomic mass is 9.98. The summed E-state index contributed by atoms with van der Waals surface area (Å²) in [6.45, 7) is 2.13. The van der Waals surface area contributed by atoms with E-state index in [4.69, 9.17) is 15.2 Å². The van der Waals surface area contributed by atoms with Crippen LogP contribution in [0, 0.1) is 0 Å². The van der Waals surface area contributed by atoms with Crippen LogP contribution in [0.25, 0.3) is 0 Å². The van der Waals surface area contributed by atoms with Crippen LogP contribution >= 0.6 is 0 Å². The molecule has 5 heteroatoms. The predicted molar refractivity (Wildman–Crippen MR) is 68.2 cm³/mol. The lowest BCUT2D eigenvalue weighted by Gasteiger charge is -2.23. The van der Waals surface area contributed by atoms with Crippen molar-refractivity contribution in [2.45, 2.75) is 50.2 Å². The first-order valence-electron chi connectivity index (χ1n) is 6.95. The first-order valence-corrected chi connectivity index (χ1v) is 6.95. The maximum Gasteiger partial charge on any atom is 0.243 e. The Balaban J connectivity index is 1.51. The molecule has 1 aliphatic heterocycles. The van der Waals surface area contributed by atoms with E-state index in [1.165, 1.54) is 32.1 Å². The van der Waals surface area contributed by atoms with Gasteiger partial charge in [0.1, 0.15) is 6.61 Å². The molecule has 1 amide bonds. The van der Waals surface area contributed by atoms with Gasteiger partial charge in [-0.1, -0.05) is 12.8 Å². The van der Waals surface area contributed by atoms with Gasteiger partial charge in [0.25, 0.3) is 0 Å². The molecule has 0 radical (unpaired) electrons. The van der Waals surface area contributed by atoms with Gasteiger partial charge < -0.3 is 20.5 Å². The molecule has 0 bridgehead atoms. The van der Waals surface area contributed by atoms with Crippen molar-refractivity contribution in [1.82, 2.24) is 5.32 Å². The van der Waals surface area contributed by atoms with Gasteiger partial charge in [-0.15, -0.1) is 0 Å². The molecule has 0 aromatic heterocycles. The third kappa shape index (κ3) is 3.93. The average molecular weight is 256 g/mol. The van der Waals surface area contributed by atoms with Crippen molar-refractivity contribution in [3.8, 4) is 0 Å². The largest absolute Gasteiger partial charge is 0.370 e. The summed E-state index contributed by atoms with van der Waals surface area (Å²) < 4.78 is 11.3. The first-order chi connectivity index (χ1) is 8.70. The number of amides is 1. The van der Waals surface area contributed by atoms with Gasteiger partial charge in [0.15, 0.2) is 0 Å². The van der Waals surface area contributed by atoms with Crippen LogP contribution in [-0.2, 0) is 14.3 Å². The molecule has 1 saturated heterocycles. The summed E-state index contributed by atoms with van der Waals surface area (Å²) in [5.41, 5.74) is 5.19. The quantitative estimate of drug-likeness (QED) is 0.653. The molecule has 2 aliphatic rings. The van der Waals surface area contributed by atoms with Crippen molar-refractivity contribution in [3.05, 3.63) is 0 Å². The molecule has 1 heterocycles. The van der Waals surface area contributed by atoms with Crippen LogP contribution < -0.4 is 11.1 Å². The number of ether oxygens (including phenoxy) is 2. The highest BCUT2D eigenvalue weighted by Gasteiger charge is 2.41. The third-order valence-electron chi connectivity index (χ3n) is 3.89. The van der Waals surface area contributed by atoms with Gasteiger partial charge in [0.05, 0.1) is 18.3 Å². The predicted octanol–water partition coefficient (Wildman–Crippen LogP) is 0.570. The molecule has 104 valence electrons. The normalized spacial score (nSPS) is 25.9. The van der Waals surface area contributed by atoms with Crippen LogP contribution in [0.4, 0.5) is 0 Å². The number of hydrogen-bond donors (Lipinski definition) is 2. The second-order valence-electron chi connectivity index (χ2n) is 5.39. The molecule has 1 aliphatic carbocycles. The highest BCUT2D eigenvalue weighted by Crippen LogP contribution is 2.42. The fraction of sp³-hybridized carbons (Fsp3) is 0.923. The van der Waals surface area contributed by atoms with Crippen LogP contribution in [0.5, 0.6) is 0 Å². The zero-order chi connectivity index (χ0) is 12.8. The Morgan fingerprint density at radius 2 is 2.17 bits per heavy atom. The molecule has 5 nitrogen and oxygen atoms in total. The first kappa shape index (κ1) is 13.8. The molecule has 0 aromatic rings. The van der Waals surface area contributed by atoms with E-state index in [1.807, 2.05) is 0 Å². The number of hydrogen-bond acceptors (Lipinski definition) is 4. The van der Waals surface area contributed by atoms with E-state index in [0.717, 1.165) is 19.5 Å². The minimum absolute atomic E-state index is 0.00468. The summed E-state index contributed by atoms with van der Waals surface area (Å²) in [5.74, 6) is -0.419. The molecule has 3 N–H and O–H groups in total. The zero-order valence-corrected chi connectivity index (χ0v) is 11.0. The minimum Gasteiger partial charge on any atom is -0.370 e.